The second-order valence-electron chi connectivity index (χ2n) is 8.81. The van der Waals surface area contributed by atoms with Gasteiger partial charge in [0.1, 0.15) is 5.75 Å². The lowest BCUT2D eigenvalue weighted by atomic mass is 9.86. The molecule has 1 amide bonds. The third-order valence-corrected chi connectivity index (χ3v) is 5.43. The van der Waals surface area contributed by atoms with Crippen molar-refractivity contribution in [2.24, 2.45) is 0 Å². The van der Waals surface area contributed by atoms with Gasteiger partial charge in [0.05, 0.1) is 23.4 Å². The molecule has 0 aliphatic heterocycles. The zero-order valence-electron chi connectivity index (χ0n) is 19.0. The van der Waals surface area contributed by atoms with E-state index in [4.69, 9.17) is 9.72 Å². The van der Waals surface area contributed by atoms with E-state index in [1.165, 1.54) is 5.56 Å². The van der Waals surface area contributed by atoms with Crippen LogP contribution in [0.5, 0.6) is 5.75 Å². The maximum Gasteiger partial charge on any atom is 0.256 e. The Morgan fingerprint density at radius 1 is 0.938 bits per heavy atom. The molecule has 0 atom stereocenters. The molecular weight excluding hydrogens is 396 g/mol. The van der Waals surface area contributed by atoms with E-state index in [2.05, 4.69) is 50.4 Å². The number of carbonyl (C=O) groups excluding carboxylic acids is 1. The molecule has 0 aliphatic carbocycles. The Labute approximate surface area is 189 Å². The minimum absolute atomic E-state index is 0.0815. The van der Waals surface area contributed by atoms with E-state index in [0.29, 0.717) is 12.2 Å². The van der Waals surface area contributed by atoms with Gasteiger partial charge in [0.15, 0.2) is 0 Å². The fourth-order valence-corrected chi connectivity index (χ4v) is 3.65. The van der Waals surface area contributed by atoms with Crippen molar-refractivity contribution in [3.8, 4) is 17.0 Å². The Morgan fingerprint density at radius 2 is 1.62 bits per heavy atom. The Kier molecular flexibility index (Phi) is 5.95. The van der Waals surface area contributed by atoms with Gasteiger partial charge in [-0.25, -0.2) is 4.98 Å². The summed E-state index contributed by atoms with van der Waals surface area (Å²) in [6, 6.07) is 25.4. The first kappa shape index (κ1) is 21.6. The van der Waals surface area contributed by atoms with Crippen LogP contribution < -0.4 is 10.1 Å². The summed E-state index contributed by atoms with van der Waals surface area (Å²) >= 11 is 0. The Balaban J connectivity index is 1.70. The van der Waals surface area contributed by atoms with Crippen molar-refractivity contribution in [2.75, 3.05) is 11.9 Å². The third kappa shape index (κ3) is 4.65. The normalized spacial score (nSPS) is 11.4. The minimum atomic E-state index is -0.166. The summed E-state index contributed by atoms with van der Waals surface area (Å²) in [5, 5.41) is 3.83. The molecule has 32 heavy (non-hydrogen) atoms. The highest BCUT2D eigenvalue weighted by molar-refractivity contribution is 6.13. The van der Waals surface area contributed by atoms with E-state index >= 15 is 0 Å². The van der Waals surface area contributed by atoms with Crippen molar-refractivity contribution in [1.82, 2.24) is 4.98 Å². The molecule has 4 aromatic rings. The number of carbonyl (C=O) groups is 1. The summed E-state index contributed by atoms with van der Waals surface area (Å²) < 4.78 is 5.48. The molecule has 4 nitrogen and oxygen atoms in total. The van der Waals surface area contributed by atoms with Crippen molar-refractivity contribution in [1.29, 1.82) is 0 Å². The Hall–Kier alpha value is -3.66. The van der Waals surface area contributed by atoms with Crippen LogP contribution in [-0.2, 0) is 5.41 Å². The second-order valence-corrected chi connectivity index (χ2v) is 8.81. The number of para-hydroxylation sites is 1. The predicted octanol–water partition coefficient (Wildman–Crippen LogP) is 6.85. The molecule has 1 heterocycles. The SMILES string of the molecule is CCOc1ccc(NC(=O)c2cc(-c3ccc(C(C)(C)C)cc3)nc3ccccc23)cc1. The summed E-state index contributed by atoms with van der Waals surface area (Å²) in [4.78, 5) is 18.1. The molecule has 0 spiro atoms. The molecule has 0 saturated heterocycles. The van der Waals surface area contributed by atoms with Crippen LogP contribution >= 0.6 is 0 Å². The van der Waals surface area contributed by atoms with Crippen LogP contribution in [0.15, 0.2) is 78.9 Å². The summed E-state index contributed by atoms with van der Waals surface area (Å²) in [7, 11) is 0. The highest BCUT2D eigenvalue weighted by atomic mass is 16.5. The third-order valence-electron chi connectivity index (χ3n) is 5.43. The molecule has 1 aromatic heterocycles. The van der Waals surface area contributed by atoms with Crippen molar-refractivity contribution in [3.63, 3.8) is 0 Å². The number of amides is 1. The standard InChI is InChI=1S/C28H28N2O2/c1-5-32-22-16-14-21(15-17-22)29-27(31)24-18-26(30-25-9-7-6-8-23(24)25)19-10-12-20(13-11-19)28(2,3)4/h6-18H,5H2,1-4H3,(H,29,31). The number of fused-ring (bicyclic) bond motifs is 1. The lowest BCUT2D eigenvalue weighted by molar-refractivity contribution is 0.102. The van der Waals surface area contributed by atoms with Crippen LogP contribution in [0, 0.1) is 0 Å². The highest BCUT2D eigenvalue weighted by Gasteiger charge is 2.16. The van der Waals surface area contributed by atoms with Gasteiger partial charge in [-0.15, -0.1) is 0 Å². The number of aromatic nitrogens is 1. The first-order chi connectivity index (χ1) is 15.3. The van der Waals surface area contributed by atoms with Gasteiger partial charge in [-0.3, -0.25) is 4.79 Å². The molecule has 0 aliphatic rings. The molecule has 4 heteroatoms. The van der Waals surface area contributed by atoms with Crippen LogP contribution in [0.1, 0.15) is 43.6 Å². The van der Waals surface area contributed by atoms with E-state index < -0.39 is 0 Å². The highest BCUT2D eigenvalue weighted by Crippen LogP contribution is 2.29. The topological polar surface area (TPSA) is 51.2 Å². The fourth-order valence-electron chi connectivity index (χ4n) is 3.65. The minimum Gasteiger partial charge on any atom is -0.494 e. The van der Waals surface area contributed by atoms with Gasteiger partial charge in [0.2, 0.25) is 0 Å². The zero-order chi connectivity index (χ0) is 22.7. The van der Waals surface area contributed by atoms with Crippen LogP contribution in [0.25, 0.3) is 22.2 Å². The molecule has 1 N–H and O–H groups in total. The van der Waals surface area contributed by atoms with E-state index in [1.54, 1.807) is 0 Å². The largest absolute Gasteiger partial charge is 0.494 e. The molecular formula is C28H28N2O2. The van der Waals surface area contributed by atoms with Crippen molar-refractivity contribution in [3.05, 3.63) is 90.0 Å². The predicted molar refractivity (Wildman–Crippen MR) is 131 cm³/mol. The number of nitrogens with one attached hydrogen (secondary N) is 1. The quantitative estimate of drug-likeness (QED) is 0.381. The summed E-state index contributed by atoms with van der Waals surface area (Å²) in [5.41, 5.74) is 5.21. The van der Waals surface area contributed by atoms with Gasteiger partial charge < -0.3 is 10.1 Å². The lowest BCUT2D eigenvalue weighted by Gasteiger charge is -2.19. The van der Waals surface area contributed by atoms with Crippen LogP contribution in [-0.4, -0.2) is 17.5 Å². The first-order valence-electron chi connectivity index (χ1n) is 10.9. The summed E-state index contributed by atoms with van der Waals surface area (Å²) in [5.74, 6) is 0.612. The molecule has 0 radical (unpaired) electrons. The lowest BCUT2D eigenvalue weighted by Crippen LogP contribution is -2.13. The van der Waals surface area contributed by atoms with E-state index in [9.17, 15) is 4.79 Å². The Morgan fingerprint density at radius 3 is 2.28 bits per heavy atom. The number of benzene rings is 3. The average Bonchev–Trinajstić information content (AvgIpc) is 2.79. The summed E-state index contributed by atoms with van der Waals surface area (Å²) in [6.45, 7) is 9.13. The number of rotatable bonds is 5. The smallest absolute Gasteiger partial charge is 0.256 e. The number of nitrogens with zero attached hydrogens (tertiary/aromatic N) is 1. The molecule has 0 fully saturated rings. The van der Waals surface area contributed by atoms with E-state index in [0.717, 1.165) is 33.6 Å². The second kappa shape index (κ2) is 8.83. The molecule has 4 rings (SSSR count). The van der Waals surface area contributed by atoms with Crippen molar-refractivity contribution < 1.29 is 9.53 Å². The van der Waals surface area contributed by atoms with Crippen molar-refractivity contribution >= 4 is 22.5 Å². The average molecular weight is 425 g/mol. The van der Waals surface area contributed by atoms with Crippen LogP contribution in [0.3, 0.4) is 0 Å². The first-order valence-corrected chi connectivity index (χ1v) is 10.9. The zero-order valence-corrected chi connectivity index (χ0v) is 19.0. The maximum atomic E-state index is 13.2. The van der Waals surface area contributed by atoms with Crippen molar-refractivity contribution in [2.45, 2.75) is 33.1 Å². The van der Waals surface area contributed by atoms with Gasteiger partial charge in [0, 0.05) is 16.6 Å². The van der Waals surface area contributed by atoms with Gasteiger partial charge in [-0.2, -0.15) is 0 Å². The molecule has 0 bridgehead atoms. The van der Waals surface area contributed by atoms with Crippen LogP contribution in [0.4, 0.5) is 5.69 Å². The van der Waals surface area contributed by atoms with E-state index in [-0.39, 0.29) is 11.3 Å². The number of hydrogen-bond acceptors (Lipinski definition) is 3. The number of hydrogen-bond donors (Lipinski definition) is 1. The molecule has 0 unspecified atom stereocenters. The number of pyridine rings is 1. The maximum absolute atomic E-state index is 13.2. The van der Waals surface area contributed by atoms with Gasteiger partial charge in [-0.1, -0.05) is 63.2 Å². The summed E-state index contributed by atoms with van der Waals surface area (Å²) in [6.07, 6.45) is 0. The van der Waals surface area contributed by atoms with E-state index in [1.807, 2.05) is 61.5 Å². The number of anilines is 1. The van der Waals surface area contributed by atoms with Crippen LogP contribution in [0.2, 0.25) is 0 Å². The molecule has 3 aromatic carbocycles. The number of ether oxygens (including phenoxy) is 1. The van der Waals surface area contributed by atoms with Gasteiger partial charge >= 0.3 is 0 Å². The Bertz CT molecular complexity index is 1240. The fraction of sp³-hybridized carbons (Fsp3) is 0.214. The molecule has 0 saturated carbocycles. The van der Waals surface area contributed by atoms with Gasteiger partial charge in [-0.05, 0) is 54.3 Å². The molecule has 162 valence electrons. The monoisotopic (exact) mass is 424 g/mol. The van der Waals surface area contributed by atoms with Gasteiger partial charge in [0.25, 0.3) is 5.91 Å².